The highest BCUT2D eigenvalue weighted by Gasteiger charge is 2.52. The maximum Gasteiger partial charge on any atom is 0.0725 e. The number of para-hydroxylation sites is 1. The zero-order chi connectivity index (χ0) is 47.0. The second-order valence-corrected chi connectivity index (χ2v) is 20.3. The van der Waals surface area contributed by atoms with Gasteiger partial charge in [-0.25, -0.2) is 0 Å². The van der Waals surface area contributed by atoms with Gasteiger partial charge in [0.25, 0.3) is 0 Å². The van der Waals surface area contributed by atoms with Gasteiger partial charge in [-0.05, 0) is 164 Å². The molecule has 0 amide bonds. The average molecular weight is 902 g/mol. The summed E-state index contributed by atoms with van der Waals surface area (Å²) in [6.07, 6.45) is 0. The van der Waals surface area contributed by atoms with Gasteiger partial charge in [0.15, 0.2) is 0 Å². The Bertz CT molecular complexity index is 4200. The predicted molar refractivity (Wildman–Crippen MR) is 298 cm³/mol. The Morgan fingerprint density at radius 1 is 0.254 bits per heavy atom. The molecule has 0 fully saturated rings. The summed E-state index contributed by atoms with van der Waals surface area (Å²) >= 11 is 0. The highest BCUT2D eigenvalue weighted by atomic mass is 15.1. The second kappa shape index (κ2) is 14.9. The highest BCUT2D eigenvalue weighted by Crippen LogP contribution is 2.64. The van der Waals surface area contributed by atoms with Crippen LogP contribution in [0.25, 0.3) is 88.0 Å². The van der Waals surface area contributed by atoms with Crippen molar-refractivity contribution in [2.24, 2.45) is 0 Å². The lowest BCUT2D eigenvalue weighted by Gasteiger charge is -2.31. The van der Waals surface area contributed by atoms with Crippen molar-refractivity contribution in [1.82, 2.24) is 0 Å². The minimum atomic E-state index is -0.492. The summed E-state index contributed by atoms with van der Waals surface area (Å²) in [4.78, 5) is 2.46. The van der Waals surface area contributed by atoms with E-state index in [1.54, 1.807) is 0 Å². The van der Waals surface area contributed by atoms with Crippen molar-refractivity contribution in [2.75, 3.05) is 4.90 Å². The molecule has 0 radical (unpaired) electrons. The largest absolute Gasteiger partial charge is 0.310 e. The van der Waals surface area contributed by atoms with Crippen molar-refractivity contribution in [2.45, 2.75) is 24.7 Å². The minimum absolute atomic E-state index is 0.128. The fourth-order valence-corrected chi connectivity index (χ4v) is 13.3. The van der Waals surface area contributed by atoms with Gasteiger partial charge in [-0.2, -0.15) is 0 Å². The maximum atomic E-state index is 2.56. The first kappa shape index (κ1) is 40.1. The van der Waals surface area contributed by atoms with Crippen molar-refractivity contribution < 1.29 is 0 Å². The number of benzene rings is 12. The molecule has 0 aliphatic heterocycles. The van der Waals surface area contributed by atoms with Crippen LogP contribution >= 0.6 is 0 Å². The molecule has 71 heavy (non-hydrogen) atoms. The van der Waals surface area contributed by atoms with E-state index in [0.29, 0.717) is 0 Å². The van der Waals surface area contributed by atoms with Crippen molar-refractivity contribution in [3.63, 3.8) is 0 Å². The molecule has 15 rings (SSSR count). The molecule has 12 aromatic rings. The Morgan fingerprint density at radius 3 is 1.38 bits per heavy atom. The first-order valence-electron chi connectivity index (χ1n) is 25.0. The first-order chi connectivity index (χ1) is 35.0. The van der Waals surface area contributed by atoms with Gasteiger partial charge in [0.1, 0.15) is 0 Å². The van der Waals surface area contributed by atoms with Crippen molar-refractivity contribution in [3.8, 4) is 55.6 Å². The molecule has 0 heterocycles. The van der Waals surface area contributed by atoms with Gasteiger partial charge >= 0.3 is 0 Å². The third-order valence-electron chi connectivity index (χ3n) is 16.5. The molecule has 0 saturated heterocycles. The smallest absolute Gasteiger partial charge is 0.0725 e. The summed E-state index contributed by atoms with van der Waals surface area (Å²) in [6.45, 7) is 4.74. The summed E-state index contributed by atoms with van der Waals surface area (Å²) in [5, 5.41) is 7.80. The molecular formula is C70H47N. The number of rotatable bonds is 5. The van der Waals surface area contributed by atoms with E-state index in [2.05, 4.69) is 267 Å². The summed E-state index contributed by atoms with van der Waals surface area (Å²) in [5.41, 5.74) is 23.6. The van der Waals surface area contributed by atoms with E-state index in [0.717, 1.165) is 17.1 Å². The van der Waals surface area contributed by atoms with Crippen LogP contribution in [-0.4, -0.2) is 0 Å². The van der Waals surface area contributed by atoms with Crippen LogP contribution in [0.5, 0.6) is 0 Å². The van der Waals surface area contributed by atoms with Crippen LogP contribution in [0.15, 0.2) is 249 Å². The van der Waals surface area contributed by atoms with E-state index in [9.17, 15) is 0 Å². The van der Waals surface area contributed by atoms with Crippen LogP contribution in [0.3, 0.4) is 0 Å². The van der Waals surface area contributed by atoms with Gasteiger partial charge in [0.2, 0.25) is 0 Å². The Kier molecular flexibility index (Phi) is 8.40. The summed E-state index contributed by atoms with van der Waals surface area (Å²) in [6, 6.07) is 93.6. The number of fused-ring (bicyclic) bond motifs is 19. The topological polar surface area (TPSA) is 3.24 Å². The van der Waals surface area contributed by atoms with Gasteiger partial charge in [-0.15, -0.1) is 0 Å². The Balaban J connectivity index is 0.912. The van der Waals surface area contributed by atoms with Crippen LogP contribution in [0.4, 0.5) is 17.1 Å². The number of hydrogen-bond donors (Lipinski definition) is 0. The van der Waals surface area contributed by atoms with Crippen molar-refractivity contribution in [1.29, 1.82) is 0 Å². The molecule has 1 spiro atoms. The van der Waals surface area contributed by atoms with Crippen LogP contribution in [0.2, 0.25) is 0 Å². The first-order valence-corrected chi connectivity index (χ1v) is 25.0. The number of hydrogen-bond acceptors (Lipinski definition) is 1. The van der Waals surface area contributed by atoms with Crippen LogP contribution in [0.1, 0.15) is 47.2 Å². The van der Waals surface area contributed by atoms with Gasteiger partial charge in [0, 0.05) is 22.4 Å². The van der Waals surface area contributed by atoms with E-state index < -0.39 is 5.41 Å². The molecule has 1 heteroatoms. The zero-order valence-corrected chi connectivity index (χ0v) is 39.6. The van der Waals surface area contributed by atoms with Crippen molar-refractivity contribution in [3.05, 3.63) is 282 Å². The average Bonchev–Trinajstić information content (AvgIpc) is 3.99. The van der Waals surface area contributed by atoms with Gasteiger partial charge in [-0.1, -0.05) is 214 Å². The van der Waals surface area contributed by atoms with Gasteiger partial charge in [0.05, 0.1) is 11.1 Å². The number of nitrogens with zero attached hydrogens (tertiary/aromatic N) is 1. The van der Waals surface area contributed by atoms with Crippen LogP contribution in [-0.2, 0) is 10.8 Å². The molecule has 12 aromatic carbocycles. The molecule has 1 atom stereocenters. The quantitative estimate of drug-likeness (QED) is 0.156. The maximum absolute atomic E-state index is 2.56. The van der Waals surface area contributed by atoms with Crippen LogP contribution in [0, 0.1) is 0 Å². The fourth-order valence-electron chi connectivity index (χ4n) is 13.3. The molecule has 1 unspecified atom stereocenters. The lowest BCUT2D eigenvalue weighted by molar-refractivity contribution is 0.660. The molecular weight excluding hydrogens is 855 g/mol. The molecule has 3 aliphatic rings. The monoisotopic (exact) mass is 901 g/mol. The Morgan fingerprint density at radius 2 is 0.704 bits per heavy atom. The van der Waals surface area contributed by atoms with E-state index in [4.69, 9.17) is 0 Å². The van der Waals surface area contributed by atoms with Gasteiger partial charge in [-0.3, -0.25) is 0 Å². The van der Waals surface area contributed by atoms with E-state index in [1.165, 1.54) is 121 Å². The fraction of sp³-hybridized carbons (Fsp3) is 0.0571. The lowest BCUT2D eigenvalue weighted by Crippen LogP contribution is -2.25. The summed E-state index contributed by atoms with van der Waals surface area (Å²) < 4.78 is 0. The Labute approximate surface area is 414 Å². The summed E-state index contributed by atoms with van der Waals surface area (Å²) in [5.74, 6) is 0. The normalized spacial score (nSPS) is 15.4. The SMILES string of the molecule is CC1(C)c2ccccc2-c2ccc(N(c3ccc(-c4ccc5c(c4)C4(c6ccccc6-5)c5ccccc5-c5cc6c7ccccc7c7ccccc7c6cc54)cc3)c3ccccc3-c3ccccc3)cc21. The van der Waals surface area contributed by atoms with Gasteiger partial charge < -0.3 is 4.90 Å². The second-order valence-electron chi connectivity index (χ2n) is 20.3. The van der Waals surface area contributed by atoms with Crippen molar-refractivity contribution >= 4 is 49.4 Å². The van der Waals surface area contributed by atoms with E-state index in [-0.39, 0.29) is 5.41 Å². The molecule has 3 aliphatic carbocycles. The number of anilines is 3. The molecule has 332 valence electrons. The molecule has 0 N–H and O–H groups in total. The molecule has 0 saturated carbocycles. The summed E-state index contributed by atoms with van der Waals surface area (Å²) in [7, 11) is 0. The highest BCUT2D eigenvalue weighted by molar-refractivity contribution is 6.26. The van der Waals surface area contributed by atoms with E-state index in [1.807, 2.05) is 0 Å². The molecule has 0 bridgehead atoms. The molecule has 0 aromatic heterocycles. The van der Waals surface area contributed by atoms with E-state index >= 15 is 0 Å². The third kappa shape index (κ3) is 5.52. The third-order valence-corrected chi connectivity index (χ3v) is 16.5. The Hall–Kier alpha value is -8.78. The zero-order valence-electron chi connectivity index (χ0n) is 39.6. The molecule has 1 nitrogen and oxygen atoms in total. The predicted octanol–water partition coefficient (Wildman–Crippen LogP) is 18.6. The standard InChI is InChI=1S/C70H47N/c1-69(2)62-28-14-10-25-54(62)57-39-37-48(41-65(57)69)71(68-31-17-13-20-49(68)45-18-4-3-5-19-45)47-35-32-44(33-36-47)46-34-38-58-55-26-11-15-29-63(55)70(66(58)40-46)64-30-16-12-27-56(64)61-42-59-52-23-8-6-21-50(52)51-22-7-9-24-53(51)60(59)43-67(61)70/h3-43H,1-2H3. The lowest BCUT2D eigenvalue weighted by atomic mass is 9.70. The van der Waals surface area contributed by atoms with Crippen LogP contribution < -0.4 is 4.90 Å². The minimum Gasteiger partial charge on any atom is -0.310 e.